The van der Waals surface area contributed by atoms with E-state index in [0.717, 1.165) is 19.3 Å². The van der Waals surface area contributed by atoms with Gasteiger partial charge in [-0.05, 0) is 24.5 Å². The zero-order chi connectivity index (χ0) is 34.6. The predicted octanol–water partition coefficient (Wildman–Crippen LogP) is 5.51. The second-order valence-corrected chi connectivity index (χ2v) is 15.3. The summed E-state index contributed by atoms with van der Waals surface area (Å²) in [5, 5.41) is 45.6. The summed E-state index contributed by atoms with van der Waals surface area (Å²) >= 11 is 0. The summed E-state index contributed by atoms with van der Waals surface area (Å²) in [6.45, 7) is 7.68. The number of hydrogen-bond donors (Lipinski definition) is 4. The number of hydrogen-bond acceptors (Lipinski definition) is 9. The number of carbonyl (C=O) groups is 3. The maximum absolute atomic E-state index is 13.4. The number of ketones is 1. The molecule has 0 saturated heterocycles. The number of unbranched alkanes of at least 4 members (excludes halogenated alkanes) is 12. The topological polar surface area (TPSA) is 151 Å². The van der Waals surface area contributed by atoms with Gasteiger partial charge in [-0.15, -0.1) is 0 Å². The largest absolute Gasteiger partial charge is 0.458 e. The first kappa shape index (κ1) is 37.7. The number of Topliss-reactive ketones (excluding diaryl/α,β-unsaturated/α-hetero) is 1. The maximum atomic E-state index is 13.4. The van der Waals surface area contributed by atoms with Crippen LogP contribution in [0.15, 0.2) is 23.3 Å². The second kappa shape index (κ2) is 15.2. The first-order valence-corrected chi connectivity index (χ1v) is 18.3. The quantitative estimate of drug-likeness (QED) is 0.0848. The van der Waals surface area contributed by atoms with Gasteiger partial charge >= 0.3 is 11.9 Å². The fourth-order valence-corrected chi connectivity index (χ4v) is 9.57. The maximum Gasteiger partial charge on any atom is 0.306 e. The molecule has 4 aliphatic rings. The van der Waals surface area contributed by atoms with Crippen molar-refractivity contribution < 1.29 is 44.3 Å². The molecule has 0 bridgehead atoms. The van der Waals surface area contributed by atoms with Gasteiger partial charge in [0, 0.05) is 48.9 Å². The number of fused-ring (bicyclic) bond motifs is 5. The highest BCUT2D eigenvalue weighted by Gasteiger charge is 2.89. The van der Waals surface area contributed by atoms with E-state index in [1.165, 1.54) is 64.7 Å². The van der Waals surface area contributed by atoms with E-state index in [1.807, 2.05) is 0 Å². The Hall–Kier alpha value is -2.07. The Morgan fingerprint density at radius 3 is 1.98 bits per heavy atom. The van der Waals surface area contributed by atoms with Gasteiger partial charge in [0.2, 0.25) is 0 Å². The second-order valence-electron chi connectivity index (χ2n) is 15.3. The Bertz CT molecular complexity index is 1210. The van der Waals surface area contributed by atoms with Crippen LogP contribution in [0.3, 0.4) is 0 Å². The van der Waals surface area contributed by atoms with Gasteiger partial charge in [0.1, 0.15) is 11.7 Å². The summed E-state index contributed by atoms with van der Waals surface area (Å²) < 4.78 is 12.2. The fourth-order valence-electron chi connectivity index (χ4n) is 9.57. The van der Waals surface area contributed by atoms with Gasteiger partial charge in [-0.2, -0.15) is 0 Å². The van der Waals surface area contributed by atoms with Crippen LogP contribution in [0.25, 0.3) is 0 Å². The Morgan fingerprint density at radius 2 is 1.47 bits per heavy atom. The molecule has 9 nitrogen and oxygen atoms in total. The lowest BCUT2D eigenvalue weighted by Crippen LogP contribution is -2.66. The SMILES string of the molecule is CCCCCCCCCCCCCCCC(=O)O[C@@H]1[C@@H](C)[C@@]2(O)[C@@H](C=C(CO)C[C@]3(O)C(=O)C(C)=C[C@@H]23)[C@H]2C1(OC(C)=O)[C@]2(C)CO. The standard InChI is InChI=1S/C38H60O9/c1-6-7-8-9-10-11-12-13-14-15-16-17-18-19-31(42)46-34-26(3)37(45)29(32-35(5,24-40)38(32,34)47-27(4)41)21-28(23-39)22-36(44)30(37)20-25(2)33(36)43/h20-21,26,29-30,32,34,39-40,44-45H,6-19,22-24H2,1-5H3/t26-,29+,30-,32-,34-,35-,36-,37-,38?/m1/s1. The number of aliphatic hydroxyl groups excluding tert-OH is 2. The molecule has 9 heteroatoms. The molecule has 1 unspecified atom stereocenters. The van der Waals surface area contributed by atoms with Gasteiger partial charge in [0.05, 0.1) is 18.8 Å². The van der Waals surface area contributed by atoms with Crippen LogP contribution in [0.4, 0.5) is 0 Å². The molecular weight excluding hydrogens is 600 g/mol. The number of esters is 2. The zero-order valence-corrected chi connectivity index (χ0v) is 29.4. The molecular formula is C38H60O9. The van der Waals surface area contributed by atoms with Gasteiger partial charge in [-0.3, -0.25) is 14.4 Å². The third kappa shape index (κ3) is 6.75. The van der Waals surface area contributed by atoms with Crippen LogP contribution >= 0.6 is 0 Å². The first-order chi connectivity index (χ1) is 22.3. The minimum Gasteiger partial charge on any atom is -0.458 e. The van der Waals surface area contributed by atoms with Crippen molar-refractivity contribution in [3.05, 3.63) is 23.3 Å². The van der Waals surface area contributed by atoms with Crippen LogP contribution in [0, 0.1) is 29.1 Å². The minimum absolute atomic E-state index is 0.166. The number of rotatable bonds is 18. The predicted molar refractivity (Wildman–Crippen MR) is 178 cm³/mol. The Morgan fingerprint density at radius 1 is 0.915 bits per heavy atom. The van der Waals surface area contributed by atoms with Gasteiger partial charge in [0.25, 0.3) is 0 Å². The minimum atomic E-state index is -1.99. The lowest BCUT2D eigenvalue weighted by Gasteiger charge is -2.53. The van der Waals surface area contributed by atoms with Crippen molar-refractivity contribution in [2.45, 2.75) is 154 Å². The van der Waals surface area contributed by atoms with Crippen molar-refractivity contribution in [2.75, 3.05) is 13.2 Å². The molecule has 0 aliphatic heterocycles. The first-order valence-electron chi connectivity index (χ1n) is 18.3. The third-order valence-electron chi connectivity index (χ3n) is 12.1. The van der Waals surface area contributed by atoms with Gasteiger partial charge in [-0.1, -0.05) is 110 Å². The average Bonchev–Trinajstić information content (AvgIpc) is 3.51. The molecule has 2 saturated carbocycles. The molecule has 0 aromatic carbocycles. The van der Waals surface area contributed by atoms with Crippen LogP contribution in [0.2, 0.25) is 0 Å². The van der Waals surface area contributed by atoms with E-state index in [1.54, 1.807) is 32.9 Å². The number of carbonyl (C=O) groups excluding carboxylic acids is 3. The van der Waals surface area contributed by atoms with E-state index in [4.69, 9.17) is 9.47 Å². The summed E-state index contributed by atoms with van der Waals surface area (Å²) in [6.07, 6.45) is 17.5. The van der Waals surface area contributed by atoms with Gasteiger partial charge in [0.15, 0.2) is 11.4 Å². The summed E-state index contributed by atoms with van der Waals surface area (Å²) in [5.41, 5.74) is -5.65. The Labute approximate surface area is 281 Å². The van der Waals surface area contributed by atoms with Crippen LogP contribution < -0.4 is 0 Å². The van der Waals surface area contributed by atoms with Crippen molar-refractivity contribution in [3.8, 4) is 0 Å². The van der Waals surface area contributed by atoms with E-state index in [9.17, 15) is 34.8 Å². The van der Waals surface area contributed by atoms with Crippen molar-refractivity contribution in [2.24, 2.45) is 29.1 Å². The highest BCUT2D eigenvalue weighted by Crippen LogP contribution is 2.77. The molecule has 4 aliphatic carbocycles. The van der Waals surface area contributed by atoms with E-state index in [-0.39, 0.29) is 12.8 Å². The number of aliphatic hydroxyl groups is 4. The zero-order valence-electron chi connectivity index (χ0n) is 29.4. The van der Waals surface area contributed by atoms with Crippen molar-refractivity contribution in [1.29, 1.82) is 0 Å². The van der Waals surface area contributed by atoms with E-state index < -0.39 is 82.9 Å². The summed E-state index contributed by atoms with van der Waals surface area (Å²) in [6, 6.07) is 0. The molecule has 266 valence electrons. The van der Waals surface area contributed by atoms with Crippen LogP contribution in [-0.2, 0) is 23.9 Å². The van der Waals surface area contributed by atoms with Crippen LogP contribution in [-0.4, -0.2) is 74.3 Å². The molecule has 0 heterocycles. The van der Waals surface area contributed by atoms with Crippen LogP contribution in [0.5, 0.6) is 0 Å². The molecule has 0 spiro atoms. The molecule has 47 heavy (non-hydrogen) atoms. The Kier molecular flexibility index (Phi) is 12.2. The van der Waals surface area contributed by atoms with Crippen molar-refractivity contribution in [3.63, 3.8) is 0 Å². The number of ether oxygens (including phenoxy) is 2. The van der Waals surface area contributed by atoms with E-state index >= 15 is 0 Å². The summed E-state index contributed by atoms with van der Waals surface area (Å²) in [5.74, 6) is -5.10. The highest BCUT2D eigenvalue weighted by atomic mass is 16.6. The average molecular weight is 661 g/mol. The molecule has 4 N–H and O–H groups in total. The molecule has 0 amide bonds. The summed E-state index contributed by atoms with van der Waals surface area (Å²) in [7, 11) is 0. The van der Waals surface area contributed by atoms with E-state index in [2.05, 4.69) is 6.92 Å². The molecule has 0 radical (unpaired) electrons. The third-order valence-corrected chi connectivity index (χ3v) is 12.1. The van der Waals surface area contributed by atoms with Crippen molar-refractivity contribution >= 4 is 17.7 Å². The molecule has 9 atom stereocenters. The lowest BCUT2D eigenvalue weighted by molar-refractivity contribution is -0.228. The van der Waals surface area contributed by atoms with Gasteiger partial charge < -0.3 is 29.9 Å². The molecule has 0 aromatic rings. The fraction of sp³-hybridized carbons (Fsp3) is 0.816. The van der Waals surface area contributed by atoms with Gasteiger partial charge in [-0.25, -0.2) is 0 Å². The lowest BCUT2D eigenvalue weighted by atomic mass is 9.59. The van der Waals surface area contributed by atoms with Crippen LogP contribution in [0.1, 0.15) is 131 Å². The monoisotopic (exact) mass is 660 g/mol. The summed E-state index contributed by atoms with van der Waals surface area (Å²) in [4.78, 5) is 39.3. The van der Waals surface area contributed by atoms with Crippen molar-refractivity contribution in [1.82, 2.24) is 0 Å². The Balaban J connectivity index is 1.46. The molecule has 4 rings (SSSR count). The van der Waals surface area contributed by atoms with E-state index in [0.29, 0.717) is 17.6 Å². The molecule has 2 fully saturated rings. The smallest absolute Gasteiger partial charge is 0.306 e. The molecule has 0 aromatic heterocycles. The highest BCUT2D eigenvalue weighted by molar-refractivity contribution is 6.04. The normalized spacial score (nSPS) is 37.2.